The van der Waals surface area contributed by atoms with Crippen LogP contribution in [-0.4, -0.2) is 38.7 Å². The van der Waals surface area contributed by atoms with Gasteiger partial charge in [-0.2, -0.15) is 0 Å². The van der Waals surface area contributed by atoms with E-state index in [0.717, 1.165) is 6.42 Å². The fourth-order valence-electron chi connectivity index (χ4n) is 2.64. The molecule has 0 aromatic heterocycles. The summed E-state index contributed by atoms with van der Waals surface area (Å²) >= 11 is 0. The monoisotopic (exact) mass is 394 g/mol. The van der Waals surface area contributed by atoms with E-state index in [1.165, 1.54) is 37.3 Å². The lowest BCUT2D eigenvalue weighted by molar-refractivity contribution is 0.101. The Balaban J connectivity index is 2.06. The molecule has 2 unspecified atom stereocenters. The summed E-state index contributed by atoms with van der Waals surface area (Å²) < 4.78 is 31.0. The van der Waals surface area contributed by atoms with Gasteiger partial charge in [-0.3, -0.25) is 9.00 Å². The van der Waals surface area contributed by atoms with Crippen LogP contribution in [-0.2, 0) is 17.2 Å². The Kier molecular flexibility index (Phi) is 7.50. The molecule has 27 heavy (non-hydrogen) atoms. The Labute approximate surface area is 160 Å². The number of aromatic hydroxyl groups is 1. The van der Waals surface area contributed by atoms with E-state index in [9.17, 15) is 23.6 Å². The van der Waals surface area contributed by atoms with Crippen molar-refractivity contribution in [1.82, 2.24) is 0 Å². The van der Waals surface area contributed by atoms with Gasteiger partial charge in [-0.25, -0.2) is 4.39 Å². The van der Waals surface area contributed by atoms with Crippen LogP contribution in [0, 0.1) is 5.82 Å². The number of Topliss-reactive ketones (excluding diaryl/α,β-unsaturated/α-hetero) is 1. The Morgan fingerprint density at radius 1 is 1.30 bits per heavy atom. The van der Waals surface area contributed by atoms with E-state index >= 15 is 0 Å². The Hall–Kier alpha value is -2.25. The van der Waals surface area contributed by atoms with Crippen molar-refractivity contribution < 1.29 is 28.3 Å². The zero-order chi connectivity index (χ0) is 20.0. The van der Waals surface area contributed by atoms with Gasteiger partial charge in [0.1, 0.15) is 23.9 Å². The summed E-state index contributed by atoms with van der Waals surface area (Å²) in [5.74, 6) is -0.585. The van der Waals surface area contributed by atoms with Gasteiger partial charge in [0.05, 0.1) is 28.2 Å². The molecule has 0 heterocycles. The maximum absolute atomic E-state index is 13.2. The summed E-state index contributed by atoms with van der Waals surface area (Å²) in [7, 11) is -1.57. The molecule has 0 bridgehead atoms. The van der Waals surface area contributed by atoms with Crippen LogP contribution < -0.4 is 4.74 Å². The van der Waals surface area contributed by atoms with Crippen LogP contribution in [0.4, 0.5) is 4.39 Å². The first kappa shape index (κ1) is 21.1. The molecule has 2 N–H and O–H groups in total. The van der Waals surface area contributed by atoms with Crippen molar-refractivity contribution in [2.75, 3.05) is 12.4 Å². The van der Waals surface area contributed by atoms with E-state index in [-0.39, 0.29) is 29.5 Å². The van der Waals surface area contributed by atoms with Gasteiger partial charge in [0, 0.05) is 10.5 Å². The number of phenolic OH excluding ortho intramolecular Hbond substituents is 1. The summed E-state index contributed by atoms with van der Waals surface area (Å²) in [4.78, 5) is 11.9. The first-order chi connectivity index (χ1) is 12.8. The molecular formula is C20H23FO5S. The van der Waals surface area contributed by atoms with Crippen molar-refractivity contribution >= 4 is 16.6 Å². The molecule has 0 fully saturated rings. The largest absolute Gasteiger partial charge is 0.507 e. The molecule has 0 amide bonds. The highest BCUT2D eigenvalue weighted by Gasteiger charge is 2.18. The second-order valence-corrected chi connectivity index (χ2v) is 7.67. The maximum atomic E-state index is 13.2. The summed E-state index contributed by atoms with van der Waals surface area (Å²) in [6.07, 6.45) is 0.198. The highest BCUT2D eigenvalue weighted by atomic mass is 32.2. The number of hydrogen-bond acceptors (Lipinski definition) is 5. The Bertz CT molecular complexity index is 837. The molecule has 0 aliphatic rings. The average molecular weight is 394 g/mol. The summed E-state index contributed by atoms with van der Waals surface area (Å²) in [5.41, 5.74) is 0.724. The number of phenols is 1. The number of halogens is 1. The van der Waals surface area contributed by atoms with Crippen molar-refractivity contribution in [1.29, 1.82) is 0 Å². The van der Waals surface area contributed by atoms with Gasteiger partial charge in [-0.05, 0) is 43.7 Å². The molecule has 0 aliphatic heterocycles. The van der Waals surface area contributed by atoms with Gasteiger partial charge in [0.25, 0.3) is 0 Å². The minimum absolute atomic E-state index is 0.107. The molecule has 0 aliphatic carbocycles. The third-order valence-corrected chi connectivity index (χ3v) is 5.42. The highest BCUT2D eigenvalue weighted by molar-refractivity contribution is 7.85. The van der Waals surface area contributed by atoms with Crippen LogP contribution in [0.2, 0.25) is 0 Å². The quantitative estimate of drug-likeness (QED) is 0.638. The van der Waals surface area contributed by atoms with Crippen LogP contribution in [0.15, 0.2) is 41.3 Å². The Morgan fingerprint density at radius 3 is 2.67 bits per heavy atom. The standard InChI is InChI=1S/C20H23FO5S/c1-3-5-18-19(9-8-17(13(2)22)20(18)24)26-11-15(23)12-27(25)16-7-4-6-14(21)10-16/h4,6-10,15,23-24H,3,5,11-12H2,1-2H3. The van der Waals surface area contributed by atoms with E-state index in [0.29, 0.717) is 22.6 Å². The zero-order valence-corrected chi connectivity index (χ0v) is 16.1. The number of ketones is 1. The van der Waals surface area contributed by atoms with Gasteiger partial charge in [0.2, 0.25) is 0 Å². The molecule has 5 nitrogen and oxygen atoms in total. The predicted molar refractivity (Wildman–Crippen MR) is 101 cm³/mol. The highest BCUT2D eigenvalue weighted by Crippen LogP contribution is 2.33. The van der Waals surface area contributed by atoms with E-state index in [1.807, 2.05) is 6.92 Å². The van der Waals surface area contributed by atoms with E-state index in [4.69, 9.17) is 4.74 Å². The van der Waals surface area contributed by atoms with E-state index in [2.05, 4.69) is 0 Å². The molecule has 2 aromatic carbocycles. The minimum atomic E-state index is -1.57. The number of hydrogen-bond donors (Lipinski definition) is 2. The number of aliphatic hydroxyl groups excluding tert-OH is 1. The molecule has 2 rings (SSSR count). The molecule has 0 radical (unpaired) electrons. The second kappa shape index (κ2) is 9.62. The number of rotatable bonds is 9. The first-order valence-electron chi connectivity index (χ1n) is 8.64. The average Bonchev–Trinajstić information content (AvgIpc) is 2.62. The fourth-order valence-corrected chi connectivity index (χ4v) is 3.75. The van der Waals surface area contributed by atoms with E-state index in [1.54, 1.807) is 6.07 Å². The van der Waals surface area contributed by atoms with Gasteiger partial charge in [-0.15, -0.1) is 0 Å². The summed E-state index contributed by atoms with van der Waals surface area (Å²) in [6, 6.07) is 8.47. The molecule has 0 saturated heterocycles. The molecule has 0 spiro atoms. The molecule has 7 heteroatoms. The SMILES string of the molecule is CCCc1c(OCC(O)CS(=O)c2cccc(F)c2)ccc(C(C)=O)c1O. The van der Waals surface area contributed by atoms with Crippen molar-refractivity contribution in [3.8, 4) is 11.5 Å². The third kappa shape index (κ3) is 5.61. The van der Waals surface area contributed by atoms with Crippen molar-refractivity contribution in [2.24, 2.45) is 0 Å². The summed E-state index contributed by atoms with van der Waals surface area (Å²) in [5, 5.41) is 20.4. The van der Waals surface area contributed by atoms with Crippen LogP contribution in [0.3, 0.4) is 0 Å². The van der Waals surface area contributed by atoms with Crippen LogP contribution in [0.25, 0.3) is 0 Å². The summed E-state index contributed by atoms with van der Waals surface area (Å²) in [6.45, 7) is 3.16. The topological polar surface area (TPSA) is 83.8 Å². The van der Waals surface area contributed by atoms with Gasteiger partial charge in [0.15, 0.2) is 5.78 Å². The maximum Gasteiger partial charge on any atom is 0.163 e. The lowest BCUT2D eigenvalue weighted by atomic mass is 10.0. The van der Waals surface area contributed by atoms with Gasteiger partial charge < -0.3 is 14.9 Å². The molecular weight excluding hydrogens is 371 g/mol. The lowest BCUT2D eigenvalue weighted by Crippen LogP contribution is -2.24. The molecule has 2 aromatic rings. The lowest BCUT2D eigenvalue weighted by Gasteiger charge is -2.17. The van der Waals surface area contributed by atoms with Crippen molar-refractivity contribution in [2.45, 2.75) is 37.7 Å². The number of ether oxygens (including phenoxy) is 1. The van der Waals surface area contributed by atoms with E-state index < -0.39 is 22.7 Å². The van der Waals surface area contributed by atoms with Crippen molar-refractivity contribution in [3.05, 3.63) is 53.3 Å². The molecule has 146 valence electrons. The predicted octanol–water partition coefficient (Wildman–Crippen LogP) is 3.23. The normalized spacial score (nSPS) is 13.2. The molecule has 2 atom stereocenters. The van der Waals surface area contributed by atoms with Gasteiger partial charge >= 0.3 is 0 Å². The smallest absolute Gasteiger partial charge is 0.163 e. The van der Waals surface area contributed by atoms with Gasteiger partial charge in [-0.1, -0.05) is 19.4 Å². The second-order valence-electron chi connectivity index (χ2n) is 6.18. The third-order valence-electron chi connectivity index (χ3n) is 3.95. The van der Waals surface area contributed by atoms with Crippen LogP contribution in [0.5, 0.6) is 11.5 Å². The van der Waals surface area contributed by atoms with Crippen LogP contribution >= 0.6 is 0 Å². The number of carbonyl (C=O) groups excluding carboxylic acids is 1. The number of benzene rings is 2. The molecule has 0 saturated carbocycles. The van der Waals surface area contributed by atoms with Crippen molar-refractivity contribution in [3.63, 3.8) is 0 Å². The fraction of sp³-hybridized carbons (Fsp3) is 0.350. The number of aliphatic hydroxyl groups is 1. The zero-order valence-electron chi connectivity index (χ0n) is 15.3. The number of carbonyl (C=O) groups is 1. The Morgan fingerprint density at radius 2 is 2.04 bits per heavy atom. The van der Waals surface area contributed by atoms with Crippen LogP contribution in [0.1, 0.15) is 36.2 Å². The minimum Gasteiger partial charge on any atom is -0.507 e. The first-order valence-corrected chi connectivity index (χ1v) is 9.96.